The molecule has 0 bridgehead atoms. The van der Waals surface area contributed by atoms with Gasteiger partial charge in [-0.1, -0.05) is 26.2 Å². The first-order chi connectivity index (χ1) is 6.16. The van der Waals surface area contributed by atoms with Crippen molar-refractivity contribution in [2.75, 3.05) is 0 Å². The average Bonchev–Trinajstić information content (AvgIpc) is 2.10. The van der Waals surface area contributed by atoms with Crippen LogP contribution in [0.1, 0.15) is 51.9 Å². The Bertz CT molecular complexity index is 104. The first-order valence-corrected chi connectivity index (χ1v) is 5.21. The molecular weight excluding hydrogens is 168 g/mol. The Morgan fingerprint density at radius 3 is 1.85 bits per heavy atom. The third-order valence-corrected chi connectivity index (χ3v) is 2.22. The topological polar surface area (TPSA) is 60.7 Å². The molecule has 0 aliphatic carbocycles. The fourth-order valence-corrected chi connectivity index (χ4v) is 1.26. The molecule has 80 valence electrons. The third-order valence-electron chi connectivity index (χ3n) is 2.22. The zero-order chi connectivity index (χ0) is 10.1. The van der Waals surface area contributed by atoms with E-state index in [0.29, 0.717) is 6.42 Å². The van der Waals surface area contributed by atoms with E-state index < -0.39 is 6.29 Å². The quantitative estimate of drug-likeness (QED) is 0.400. The molecule has 0 aromatic rings. The van der Waals surface area contributed by atoms with Crippen molar-refractivity contribution in [2.45, 2.75) is 64.3 Å². The molecule has 0 saturated heterocycles. The molecule has 13 heavy (non-hydrogen) atoms. The number of unbranched alkanes of at least 4 members (excludes halogenated alkanes) is 3. The maximum absolute atomic E-state index is 9.22. The van der Waals surface area contributed by atoms with Crippen LogP contribution in [0.25, 0.3) is 0 Å². The van der Waals surface area contributed by atoms with Gasteiger partial charge in [0.15, 0.2) is 6.29 Å². The standard InChI is InChI=1S/C10H22O3/c1-2-9(11)7-5-3-4-6-8-10(12)13/h9-13H,2-8H2,1H3. The fourth-order valence-electron chi connectivity index (χ4n) is 1.26. The van der Waals surface area contributed by atoms with Crippen molar-refractivity contribution in [3.8, 4) is 0 Å². The second kappa shape index (κ2) is 8.48. The molecule has 0 amide bonds. The van der Waals surface area contributed by atoms with E-state index in [1.165, 1.54) is 0 Å². The van der Waals surface area contributed by atoms with E-state index in [4.69, 9.17) is 10.2 Å². The van der Waals surface area contributed by atoms with Gasteiger partial charge in [0.05, 0.1) is 6.10 Å². The molecule has 1 unspecified atom stereocenters. The van der Waals surface area contributed by atoms with Crippen molar-refractivity contribution >= 4 is 0 Å². The van der Waals surface area contributed by atoms with E-state index in [0.717, 1.165) is 38.5 Å². The van der Waals surface area contributed by atoms with Crippen LogP contribution in [0.3, 0.4) is 0 Å². The SMILES string of the molecule is CCC(O)CCCCCCC(O)O. The van der Waals surface area contributed by atoms with Crippen LogP contribution in [0.15, 0.2) is 0 Å². The van der Waals surface area contributed by atoms with Crippen molar-refractivity contribution in [2.24, 2.45) is 0 Å². The van der Waals surface area contributed by atoms with Gasteiger partial charge in [0.25, 0.3) is 0 Å². The van der Waals surface area contributed by atoms with E-state index >= 15 is 0 Å². The predicted molar refractivity (Wildman–Crippen MR) is 52.2 cm³/mol. The number of rotatable bonds is 8. The Kier molecular flexibility index (Phi) is 8.40. The van der Waals surface area contributed by atoms with Crippen LogP contribution >= 0.6 is 0 Å². The summed E-state index contributed by atoms with van der Waals surface area (Å²) in [5.74, 6) is 0. The molecule has 0 fully saturated rings. The second-order valence-corrected chi connectivity index (χ2v) is 3.53. The van der Waals surface area contributed by atoms with Crippen LogP contribution in [0.5, 0.6) is 0 Å². The van der Waals surface area contributed by atoms with Crippen LogP contribution in [-0.2, 0) is 0 Å². The Morgan fingerprint density at radius 2 is 1.38 bits per heavy atom. The lowest BCUT2D eigenvalue weighted by Crippen LogP contribution is -2.04. The Labute approximate surface area is 80.4 Å². The summed E-state index contributed by atoms with van der Waals surface area (Å²) < 4.78 is 0. The predicted octanol–water partition coefficient (Wildman–Crippen LogP) is 1.41. The smallest absolute Gasteiger partial charge is 0.151 e. The van der Waals surface area contributed by atoms with E-state index in [-0.39, 0.29) is 6.10 Å². The minimum absolute atomic E-state index is 0.150. The first kappa shape index (κ1) is 12.9. The molecule has 0 radical (unpaired) electrons. The first-order valence-electron chi connectivity index (χ1n) is 5.21. The molecule has 3 N–H and O–H groups in total. The number of hydrogen-bond donors (Lipinski definition) is 3. The van der Waals surface area contributed by atoms with Crippen LogP contribution in [-0.4, -0.2) is 27.7 Å². The highest BCUT2D eigenvalue weighted by molar-refractivity contribution is 4.53. The van der Waals surface area contributed by atoms with Crippen LogP contribution < -0.4 is 0 Å². The lowest BCUT2D eigenvalue weighted by molar-refractivity contribution is -0.0466. The lowest BCUT2D eigenvalue weighted by Gasteiger charge is -2.07. The molecule has 0 heterocycles. The van der Waals surface area contributed by atoms with Crippen molar-refractivity contribution in [1.82, 2.24) is 0 Å². The highest BCUT2D eigenvalue weighted by atomic mass is 16.5. The van der Waals surface area contributed by atoms with E-state index in [2.05, 4.69) is 0 Å². The van der Waals surface area contributed by atoms with Gasteiger partial charge in [0, 0.05) is 0 Å². The Morgan fingerprint density at radius 1 is 0.846 bits per heavy atom. The molecular formula is C10H22O3. The summed E-state index contributed by atoms with van der Waals surface area (Å²) in [7, 11) is 0. The van der Waals surface area contributed by atoms with Crippen LogP contribution in [0.2, 0.25) is 0 Å². The van der Waals surface area contributed by atoms with Crippen LogP contribution in [0.4, 0.5) is 0 Å². The summed E-state index contributed by atoms with van der Waals surface area (Å²) in [6.45, 7) is 1.98. The van der Waals surface area contributed by atoms with E-state index in [1.807, 2.05) is 6.92 Å². The molecule has 0 aliphatic rings. The number of aliphatic hydroxyl groups is 3. The number of hydrogen-bond acceptors (Lipinski definition) is 3. The molecule has 0 aliphatic heterocycles. The van der Waals surface area contributed by atoms with Gasteiger partial charge in [-0.05, 0) is 25.7 Å². The van der Waals surface area contributed by atoms with Gasteiger partial charge >= 0.3 is 0 Å². The van der Waals surface area contributed by atoms with Crippen molar-refractivity contribution in [3.63, 3.8) is 0 Å². The number of aliphatic hydroxyl groups excluding tert-OH is 2. The second-order valence-electron chi connectivity index (χ2n) is 3.53. The lowest BCUT2D eigenvalue weighted by atomic mass is 10.1. The molecule has 3 heteroatoms. The van der Waals surface area contributed by atoms with Gasteiger partial charge in [-0.15, -0.1) is 0 Å². The molecule has 1 atom stereocenters. The van der Waals surface area contributed by atoms with Crippen LogP contribution in [0, 0.1) is 0 Å². The molecule has 0 aromatic carbocycles. The van der Waals surface area contributed by atoms with Crippen molar-refractivity contribution < 1.29 is 15.3 Å². The van der Waals surface area contributed by atoms with E-state index in [9.17, 15) is 5.11 Å². The summed E-state index contributed by atoms with van der Waals surface area (Å²) in [6.07, 6.45) is 4.86. The molecule has 3 nitrogen and oxygen atoms in total. The minimum atomic E-state index is -1.15. The average molecular weight is 190 g/mol. The van der Waals surface area contributed by atoms with Gasteiger partial charge < -0.3 is 15.3 Å². The maximum atomic E-state index is 9.22. The summed E-state index contributed by atoms with van der Waals surface area (Å²) in [5.41, 5.74) is 0. The zero-order valence-corrected chi connectivity index (χ0v) is 8.45. The fraction of sp³-hybridized carbons (Fsp3) is 1.00. The molecule has 0 saturated carbocycles. The van der Waals surface area contributed by atoms with Gasteiger partial charge in [0.1, 0.15) is 0 Å². The highest BCUT2D eigenvalue weighted by Gasteiger charge is 2.00. The largest absolute Gasteiger partial charge is 0.393 e. The Balaban J connectivity index is 2.99. The highest BCUT2D eigenvalue weighted by Crippen LogP contribution is 2.09. The summed E-state index contributed by atoms with van der Waals surface area (Å²) in [6, 6.07) is 0. The normalized spacial score (nSPS) is 13.6. The summed E-state index contributed by atoms with van der Waals surface area (Å²) >= 11 is 0. The van der Waals surface area contributed by atoms with Crippen molar-refractivity contribution in [3.05, 3.63) is 0 Å². The van der Waals surface area contributed by atoms with Gasteiger partial charge in [-0.3, -0.25) is 0 Å². The molecule has 0 spiro atoms. The molecule has 0 rings (SSSR count). The maximum Gasteiger partial charge on any atom is 0.151 e. The van der Waals surface area contributed by atoms with Gasteiger partial charge in [-0.25, -0.2) is 0 Å². The van der Waals surface area contributed by atoms with Crippen molar-refractivity contribution in [1.29, 1.82) is 0 Å². The summed E-state index contributed by atoms with van der Waals surface area (Å²) in [4.78, 5) is 0. The van der Waals surface area contributed by atoms with E-state index in [1.54, 1.807) is 0 Å². The van der Waals surface area contributed by atoms with Gasteiger partial charge in [-0.2, -0.15) is 0 Å². The summed E-state index contributed by atoms with van der Waals surface area (Å²) in [5, 5.41) is 26.3. The molecule has 0 aromatic heterocycles. The Hall–Kier alpha value is -0.120. The minimum Gasteiger partial charge on any atom is -0.393 e. The van der Waals surface area contributed by atoms with Gasteiger partial charge in [0.2, 0.25) is 0 Å². The monoisotopic (exact) mass is 190 g/mol. The third kappa shape index (κ3) is 9.80. The zero-order valence-electron chi connectivity index (χ0n) is 8.45.